The lowest BCUT2D eigenvalue weighted by Gasteiger charge is -2.27. The van der Waals surface area contributed by atoms with Crippen LogP contribution in [-0.4, -0.2) is 52.6 Å². The average Bonchev–Trinajstić information content (AvgIpc) is 3.25. The van der Waals surface area contributed by atoms with E-state index in [-0.39, 0.29) is 5.56 Å². The molecule has 0 radical (unpaired) electrons. The van der Waals surface area contributed by atoms with E-state index in [1.807, 2.05) is 23.6 Å². The monoisotopic (exact) mass is 384 g/mol. The van der Waals surface area contributed by atoms with Gasteiger partial charge in [-0.05, 0) is 17.5 Å². The van der Waals surface area contributed by atoms with Crippen molar-refractivity contribution in [3.05, 3.63) is 52.4 Å². The van der Waals surface area contributed by atoms with Crippen LogP contribution in [0, 0.1) is 0 Å². The normalized spacial score (nSPS) is 14.3. The summed E-state index contributed by atoms with van der Waals surface area (Å²) in [6.07, 6.45) is 1.55. The molecule has 4 rings (SSSR count). The fraction of sp³-hybridized carbons (Fsp3) is 0.333. The molecule has 1 fully saturated rings. The van der Waals surface area contributed by atoms with Gasteiger partial charge >= 0.3 is 0 Å². The van der Waals surface area contributed by atoms with E-state index < -0.39 is 0 Å². The van der Waals surface area contributed by atoms with Gasteiger partial charge in [-0.2, -0.15) is 5.10 Å². The van der Waals surface area contributed by atoms with Crippen LogP contribution in [0.5, 0.6) is 0 Å². The topological polar surface area (TPSA) is 85.2 Å². The fourth-order valence-corrected chi connectivity index (χ4v) is 3.55. The van der Waals surface area contributed by atoms with E-state index in [1.165, 1.54) is 4.68 Å². The summed E-state index contributed by atoms with van der Waals surface area (Å²) < 4.78 is 6.85. The number of morpholine rings is 1. The minimum absolute atomic E-state index is 0.117. The second-order valence-corrected chi connectivity index (χ2v) is 6.99. The summed E-state index contributed by atoms with van der Waals surface area (Å²) in [7, 11) is 0. The Kier molecular flexibility index (Phi) is 5.40. The van der Waals surface area contributed by atoms with E-state index in [4.69, 9.17) is 4.74 Å². The van der Waals surface area contributed by atoms with E-state index in [9.17, 15) is 4.79 Å². The van der Waals surface area contributed by atoms with E-state index in [1.54, 1.807) is 29.8 Å². The molecule has 1 aliphatic rings. The van der Waals surface area contributed by atoms with Crippen LogP contribution in [0.2, 0.25) is 0 Å². The van der Waals surface area contributed by atoms with Crippen LogP contribution in [0.3, 0.4) is 0 Å². The third-order valence-corrected chi connectivity index (χ3v) is 5.15. The van der Waals surface area contributed by atoms with E-state index in [0.717, 1.165) is 35.3 Å². The predicted octanol–water partition coefficient (Wildman–Crippen LogP) is 1.71. The zero-order valence-corrected chi connectivity index (χ0v) is 15.6. The van der Waals surface area contributed by atoms with Crippen LogP contribution < -0.4 is 15.8 Å². The quantitative estimate of drug-likeness (QED) is 0.692. The summed E-state index contributed by atoms with van der Waals surface area (Å²) in [6, 6.07) is 9.21. The Morgan fingerprint density at radius 1 is 1.19 bits per heavy atom. The highest BCUT2D eigenvalue weighted by Crippen LogP contribution is 2.21. The van der Waals surface area contributed by atoms with Crippen LogP contribution in [-0.2, 0) is 11.3 Å². The second-order valence-electron chi connectivity index (χ2n) is 6.04. The molecule has 0 saturated carbocycles. The second kappa shape index (κ2) is 8.28. The highest BCUT2D eigenvalue weighted by molar-refractivity contribution is 7.13. The largest absolute Gasteiger partial charge is 0.378 e. The van der Waals surface area contributed by atoms with Crippen LogP contribution in [0.25, 0.3) is 10.6 Å². The fourth-order valence-electron chi connectivity index (χ4n) is 2.86. The molecule has 0 spiro atoms. The lowest BCUT2D eigenvalue weighted by Crippen LogP contribution is -2.36. The molecule has 0 amide bonds. The minimum atomic E-state index is -0.117. The Morgan fingerprint density at radius 3 is 2.89 bits per heavy atom. The molecule has 140 valence electrons. The Balaban J connectivity index is 1.40. The first-order valence-electron chi connectivity index (χ1n) is 8.80. The molecule has 0 unspecified atom stereocenters. The SMILES string of the molecule is O=c1ccc(-c2cccs2)nn1CCNc1cc(N2CCOCC2)ncn1. The molecule has 3 aromatic rings. The van der Waals surface area contributed by atoms with Crippen molar-refractivity contribution in [2.45, 2.75) is 6.54 Å². The summed E-state index contributed by atoms with van der Waals surface area (Å²) in [5.74, 6) is 1.61. The van der Waals surface area contributed by atoms with Crippen LogP contribution in [0.4, 0.5) is 11.6 Å². The Morgan fingerprint density at radius 2 is 2.07 bits per heavy atom. The smallest absolute Gasteiger partial charge is 0.266 e. The lowest BCUT2D eigenvalue weighted by molar-refractivity contribution is 0.122. The molecule has 1 N–H and O–H groups in total. The predicted molar refractivity (Wildman–Crippen MR) is 105 cm³/mol. The third-order valence-electron chi connectivity index (χ3n) is 4.26. The highest BCUT2D eigenvalue weighted by Gasteiger charge is 2.13. The molecule has 4 heterocycles. The number of ether oxygens (including phenoxy) is 1. The van der Waals surface area contributed by atoms with Crippen molar-refractivity contribution in [1.82, 2.24) is 19.7 Å². The Bertz CT molecular complexity index is 937. The van der Waals surface area contributed by atoms with Crippen LogP contribution >= 0.6 is 11.3 Å². The number of nitrogens with one attached hydrogen (secondary N) is 1. The van der Waals surface area contributed by atoms with Gasteiger partial charge in [0.05, 0.1) is 24.6 Å². The maximum absolute atomic E-state index is 12.1. The average molecular weight is 384 g/mol. The molecule has 1 aliphatic heterocycles. The number of aromatic nitrogens is 4. The van der Waals surface area contributed by atoms with Gasteiger partial charge in [-0.3, -0.25) is 4.79 Å². The molecular weight excluding hydrogens is 364 g/mol. The number of hydrogen-bond acceptors (Lipinski definition) is 8. The van der Waals surface area contributed by atoms with E-state index >= 15 is 0 Å². The summed E-state index contributed by atoms with van der Waals surface area (Å²) in [4.78, 5) is 23.9. The van der Waals surface area contributed by atoms with Crippen molar-refractivity contribution in [2.24, 2.45) is 0 Å². The standard InChI is InChI=1S/C18H20N6O2S/c25-18-4-3-14(15-2-1-11-27-15)22-24(18)6-5-19-16-12-17(21-13-20-16)23-7-9-26-10-8-23/h1-4,11-13H,5-10H2,(H,19,20,21). The van der Waals surface area contributed by atoms with Crippen LogP contribution in [0.1, 0.15) is 0 Å². The molecule has 0 aromatic carbocycles. The minimum Gasteiger partial charge on any atom is -0.378 e. The van der Waals surface area contributed by atoms with Gasteiger partial charge in [0.2, 0.25) is 0 Å². The molecule has 0 bridgehead atoms. The van der Waals surface area contributed by atoms with Gasteiger partial charge in [0.15, 0.2) is 0 Å². The highest BCUT2D eigenvalue weighted by atomic mass is 32.1. The zero-order valence-electron chi connectivity index (χ0n) is 14.7. The van der Waals surface area contributed by atoms with Crippen molar-refractivity contribution in [3.63, 3.8) is 0 Å². The molecule has 1 saturated heterocycles. The Hall–Kier alpha value is -2.78. The molecule has 0 aliphatic carbocycles. The summed E-state index contributed by atoms with van der Waals surface area (Å²) in [5.41, 5.74) is 0.690. The van der Waals surface area contributed by atoms with Gasteiger partial charge in [0.1, 0.15) is 23.7 Å². The first-order chi connectivity index (χ1) is 13.3. The number of hydrogen-bond donors (Lipinski definition) is 1. The third kappa shape index (κ3) is 4.32. The van der Waals surface area contributed by atoms with Gasteiger partial charge in [0.25, 0.3) is 5.56 Å². The molecule has 3 aromatic heterocycles. The molecule has 8 nitrogen and oxygen atoms in total. The number of nitrogens with zero attached hydrogens (tertiary/aromatic N) is 5. The van der Waals surface area contributed by atoms with Crippen molar-refractivity contribution >= 4 is 23.0 Å². The zero-order chi connectivity index (χ0) is 18.5. The van der Waals surface area contributed by atoms with Gasteiger partial charge in [-0.1, -0.05) is 6.07 Å². The molecule has 9 heteroatoms. The van der Waals surface area contributed by atoms with Gasteiger partial charge in [0, 0.05) is 31.8 Å². The first kappa shape index (κ1) is 17.6. The summed E-state index contributed by atoms with van der Waals surface area (Å²) in [5, 5.41) is 9.70. The molecule has 0 atom stereocenters. The number of anilines is 2. The van der Waals surface area contributed by atoms with Crippen molar-refractivity contribution in [3.8, 4) is 10.6 Å². The van der Waals surface area contributed by atoms with Gasteiger partial charge in [-0.15, -0.1) is 11.3 Å². The van der Waals surface area contributed by atoms with Crippen LogP contribution in [0.15, 0.2) is 46.8 Å². The van der Waals surface area contributed by atoms with E-state index in [0.29, 0.717) is 26.3 Å². The molecular formula is C18H20N6O2S. The summed E-state index contributed by atoms with van der Waals surface area (Å²) >= 11 is 1.60. The maximum atomic E-state index is 12.1. The van der Waals surface area contributed by atoms with Crippen molar-refractivity contribution < 1.29 is 4.74 Å². The van der Waals surface area contributed by atoms with Gasteiger partial charge < -0.3 is 15.0 Å². The van der Waals surface area contributed by atoms with Crippen molar-refractivity contribution in [2.75, 3.05) is 43.1 Å². The molecule has 27 heavy (non-hydrogen) atoms. The lowest BCUT2D eigenvalue weighted by atomic mass is 10.3. The van der Waals surface area contributed by atoms with E-state index in [2.05, 4.69) is 25.3 Å². The number of rotatable bonds is 6. The summed E-state index contributed by atoms with van der Waals surface area (Å²) in [6.45, 7) is 4.07. The first-order valence-corrected chi connectivity index (χ1v) is 9.68. The van der Waals surface area contributed by atoms with Crippen molar-refractivity contribution in [1.29, 1.82) is 0 Å². The van der Waals surface area contributed by atoms with Gasteiger partial charge in [-0.25, -0.2) is 14.6 Å². The number of thiophene rings is 1. The Labute approximate surface area is 160 Å². The maximum Gasteiger partial charge on any atom is 0.266 e.